The van der Waals surface area contributed by atoms with Gasteiger partial charge < -0.3 is 25.4 Å². The maximum absolute atomic E-state index is 11.8. The Labute approximate surface area is 156 Å². The quantitative estimate of drug-likeness (QED) is 0.435. The van der Waals surface area contributed by atoms with Gasteiger partial charge in [-0.3, -0.25) is 9.79 Å². The second kappa shape index (κ2) is 12.0. The number of rotatable bonds is 10. The van der Waals surface area contributed by atoms with Crippen LogP contribution in [0.3, 0.4) is 0 Å². The fourth-order valence-corrected chi connectivity index (χ4v) is 2.33. The highest BCUT2D eigenvalue weighted by Gasteiger charge is 2.07. The van der Waals surface area contributed by atoms with Gasteiger partial charge in [0.2, 0.25) is 5.91 Å². The predicted octanol–water partition coefficient (Wildman–Crippen LogP) is 1.72. The van der Waals surface area contributed by atoms with E-state index in [2.05, 4.69) is 20.9 Å². The summed E-state index contributed by atoms with van der Waals surface area (Å²) in [6.07, 6.45) is 2.16. The van der Waals surface area contributed by atoms with Crippen LogP contribution < -0.4 is 25.4 Å². The molecule has 1 rings (SSSR count). The highest BCUT2D eigenvalue weighted by atomic mass is 16.5. The van der Waals surface area contributed by atoms with E-state index in [1.165, 1.54) is 0 Å². The van der Waals surface area contributed by atoms with Crippen LogP contribution in [0.5, 0.6) is 11.5 Å². The molecule has 1 aromatic rings. The van der Waals surface area contributed by atoms with Gasteiger partial charge in [-0.2, -0.15) is 0 Å². The molecule has 0 spiro atoms. The molecule has 0 fully saturated rings. The van der Waals surface area contributed by atoms with Gasteiger partial charge in [-0.25, -0.2) is 0 Å². The molecular formula is C19H32N4O3. The van der Waals surface area contributed by atoms with Gasteiger partial charge in [-0.1, -0.05) is 13.0 Å². The smallest absolute Gasteiger partial charge is 0.221 e. The fraction of sp³-hybridized carbons (Fsp3) is 0.579. The number of guanidine groups is 1. The normalized spacial score (nSPS) is 12.3. The topological polar surface area (TPSA) is 84.0 Å². The average molecular weight is 364 g/mol. The first kappa shape index (κ1) is 21.6. The highest BCUT2D eigenvalue weighted by Crippen LogP contribution is 2.27. The Morgan fingerprint density at radius 2 is 1.85 bits per heavy atom. The van der Waals surface area contributed by atoms with E-state index in [1.807, 2.05) is 32.0 Å². The van der Waals surface area contributed by atoms with Gasteiger partial charge in [-0.05, 0) is 37.5 Å². The van der Waals surface area contributed by atoms with E-state index < -0.39 is 0 Å². The van der Waals surface area contributed by atoms with Crippen molar-refractivity contribution in [3.05, 3.63) is 23.8 Å². The number of nitrogens with zero attached hydrogens (tertiary/aromatic N) is 1. The molecule has 0 aliphatic carbocycles. The maximum atomic E-state index is 11.8. The highest BCUT2D eigenvalue weighted by molar-refractivity contribution is 5.81. The number of benzene rings is 1. The minimum atomic E-state index is 0.0487. The minimum Gasteiger partial charge on any atom is -0.493 e. The van der Waals surface area contributed by atoms with Crippen LogP contribution in [0.15, 0.2) is 23.2 Å². The largest absolute Gasteiger partial charge is 0.493 e. The number of amides is 1. The first-order valence-corrected chi connectivity index (χ1v) is 8.98. The van der Waals surface area contributed by atoms with E-state index in [1.54, 1.807) is 21.3 Å². The molecule has 1 atom stereocenters. The van der Waals surface area contributed by atoms with Crippen LogP contribution in [0.2, 0.25) is 0 Å². The van der Waals surface area contributed by atoms with Crippen molar-refractivity contribution < 1.29 is 14.3 Å². The van der Waals surface area contributed by atoms with Gasteiger partial charge in [0, 0.05) is 32.6 Å². The second-order valence-electron chi connectivity index (χ2n) is 5.99. The molecule has 7 heteroatoms. The van der Waals surface area contributed by atoms with E-state index in [-0.39, 0.29) is 11.9 Å². The van der Waals surface area contributed by atoms with E-state index >= 15 is 0 Å². The Bertz CT molecular complexity index is 590. The number of hydrogen-bond acceptors (Lipinski definition) is 4. The van der Waals surface area contributed by atoms with Gasteiger partial charge >= 0.3 is 0 Å². The molecule has 146 valence electrons. The monoisotopic (exact) mass is 364 g/mol. The molecule has 1 aromatic carbocycles. The fourth-order valence-electron chi connectivity index (χ4n) is 2.33. The lowest BCUT2D eigenvalue weighted by molar-refractivity contribution is -0.121. The van der Waals surface area contributed by atoms with Crippen molar-refractivity contribution in [1.29, 1.82) is 0 Å². The third kappa shape index (κ3) is 7.63. The third-order valence-corrected chi connectivity index (χ3v) is 4.04. The van der Waals surface area contributed by atoms with Crippen molar-refractivity contribution in [2.24, 2.45) is 4.99 Å². The molecule has 1 unspecified atom stereocenters. The Balaban J connectivity index is 2.35. The van der Waals surface area contributed by atoms with E-state index in [9.17, 15) is 4.79 Å². The standard InChI is InChI=1S/C19H32N4O3/c1-6-14(2)23-18(24)10-12-22-19(20-3)21-11-9-15-7-8-16(25-4)17(13-15)26-5/h7-8,13-14H,6,9-12H2,1-5H3,(H,23,24)(H2,20,21,22). The number of methoxy groups -OCH3 is 2. The van der Waals surface area contributed by atoms with Crippen molar-refractivity contribution in [3.8, 4) is 11.5 Å². The summed E-state index contributed by atoms with van der Waals surface area (Å²) in [4.78, 5) is 15.9. The zero-order valence-electron chi connectivity index (χ0n) is 16.5. The minimum absolute atomic E-state index is 0.0487. The van der Waals surface area contributed by atoms with Crippen LogP contribution in [-0.2, 0) is 11.2 Å². The number of nitrogens with one attached hydrogen (secondary N) is 3. The summed E-state index contributed by atoms with van der Waals surface area (Å²) < 4.78 is 10.6. The van der Waals surface area contributed by atoms with Crippen LogP contribution >= 0.6 is 0 Å². The van der Waals surface area contributed by atoms with Crippen LogP contribution in [0.25, 0.3) is 0 Å². The lowest BCUT2D eigenvalue weighted by Gasteiger charge is -2.14. The summed E-state index contributed by atoms with van der Waals surface area (Å²) in [5, 5.41) is 9.34. The molecule has 0 bridgehead atoms. The SMILES string of the molecule is CCC(C)NC(=O)CCNC(=NC)NCCc1ccc(OC)c(OC)c1. The summed E-state index contributed by atoms with van der Waals surface area (Å²) >= 11 is 0. The molecule has 0 aliphatic heterocycles. The van der Waals surface area contributed by atoms with Crippen LogP contribution in [-0.4, -0.2) is 52.3 Å². The Morgan fingerprint density at radius 1 is 1.15 bits per heavy atom. The molecule has 0 saturated heterocycles. The molecule has 0 heterocycles. The van der Waals surface area contributed by atoms with Crippen LogP contribution in [0.1, 0.15) is 32.3 Å². The van der Waals surface area contributed by atoms with Gasteiger partial charge in [-0.15, -0.1) is 0 Å². The number of ether oxygens (including phenoxy) is 2. The zero-order chi connectivity index (χ0) is 19.4. The van der Waals surface area contributed by atoms with E-state index in [0.717, 1.165) is 29.9 Å². The van der Waals surface area contributed by atoms with Gasteiger partial charge in [0.05, 0.1) is 14.2 Å². The Morgan fingerprint density at radius 3 is 2.46 bits per heavy atom. The van der Waals surface area contributed by atoms with Gasteiger partial charge in [0.1, 0.15) is 0 Å². The molecule has 7 nitrogen and oxygen atoms in total. The molecule has 0 radical (unpaired) electrons. The number of hydrogen-bond donors (Lipinski definition) is 3. The van der Waals surface area contributed by atoms with Crippen LogP contribution in [0, 0.1) is 0 Å². The van der Waals surface area contributed by atoms with Crippen molar-refractivity contribution in [2.45, 2.75) is 39.2 Å². The van der Waals surface area contributed by atoms with E-state index in [4.69, 9.17) is 9.47 Å². The van der Waals surface area contributed by atoms with Crippen molar-refractivity contribution in [3.63, 3.8) is 0 Å². The van der Waals surface area contributed by atoms with Crippen molar-refractivity contribution >= 4 is 11.9 Å². The van der Waals surface area contributed by atoms with Crippen molar-refractivity contribution in [1.82, 2.24) is 16.0 Å². The summed E-state index contributed by atoms with van der Waals surface area (Å²) in [6.45, 7) is 5.31. The molecule has 3 N–H and O–H groups in total. The third-order valence-electron chi connectivity index (χ3n) is 4.04. The summed E-state index contributed by atoms with van der Waals surface area (Å²) in [7, 11) is 4.96. The molecule has 0 aliphatic rings. The lowest BCUT2D eigenvalue weighted by Crippen LogP contribution is -2.41. The lowest BCUT2D eigenvalue weighted by atomic mass is 10.1. The first-order valence-electron chi connectivity index (χ1n) is 8.98. The summed E-state index contributed by atoms with van der Waals surface area (Å²) in [6, 6.07) is 6.09. The Hall–Kier alpha value is -2.44. The zero-order valence-corrected chi connectivity index (χ0v) is 16.5. The van der Waals surface area contributed by atoms with Crippen LogP contribution in [0.4, 0.5) is 0 Å². The summed E-state index contributed by atoms with van der Waals surface area (Å²) in [5.41, 5.74) is 1.14. The molecular weight excluding hydrogens is 332 g/mol. The maximum Gasteiger partial charge on any atom is 0.221 e. The van der Waals surface area contributed by atoms with Gasteiger partial charge in [0.25, 0.3) is 0 Å². The average Bonchev–Trinajstić information content (AvgIpc) is 2.66. The second-order valence-corrected chi connectivity index (χ2v) is 5.99. The number of aliphatic imine (C=N–C) groups is 1. The Kier molecular flexibility index (Phi) is 9.97. The van der Waals surface area contributed by atoms with E-state index in [0.29, 0.717) is 25.5 Å². The first-order chi connectivity index (χ1) is 12.5. The molecule has 0 aromatic heterocycles. The molecule has 1 amide bonds. The number of carbonyl (C=O) groups is 1. The molecule has 26 heavy (non-hydrogen) atoms. The van der Waals surface area contributed by atoms with Gasteiger partial charge in [0.15, 0.2) is 17.5 Å². The predicted molar refractivity (Wildman–Crippen MR) is 105 cm³/mol. The number of carbonyl (C=O) groups excluding carboxylic acids is 1. The van der Waals surface area contributed by atoms with Crippen molar-refractivity contribution in [2.75, 3.05) is 34.4 Å². The summed E-state index contributed by atoms with van der Waals surface area (Å²) in [5.74, 6) is 2.17. The molecule has 0 saturated carbocycles.